The van der Waals surface area contributed by atoms with Crippen LogP contribution < -0.4 is 0 Å². The van der Waals surface area contributed by atoms with Crippen LogP contribution in [0.5, 0.6) is 0 Å². The van der Waals surface area contributed by atoms with Crippen molar-refractivity contribution in [2.75, 3.05) is 0 Å². The van der Waals surface area contributed by atoms with E-state index in [2.05, 4.69) is 29.2 Å². The topological polar surface area (TPSA) is 26.3 Å². The molecule has 1 atom stereocenters. The summed E-state index contributed by atoms with van der Waals surface area (Å²) < 4.78 is 6.48. The van der Waals surface area contributed by atoms with Crippen LogP contribution in [0.25, 0.3) is 0 Å². The monoisotopic (exact) mass is 292 g/mol. The minimum atomic E-state index is -0.285. The van der Waals surface area contributed by atoms with E-state index in [1.165, 1.54) is 3.58 Å². The van der Waals surface area contributed by atoms with Gasteiger partial charge in [-0.2, -0.15) is 0 Å². The van der Waals surface area contributed by atoms with Crippen LogP contribution in [0.2, 0.25) is 0 Å². The third kappa shape index (κ3) is 3.50. The maximum Gasteiger partial charge on any atom is 0.333 e. The molecule has 0 radical (unpaired) electrons. The predicted molar refractivity (Wildman–Crippen MR) is 60.6 cm³/mol. The SMILES string of the molecule is C=C(C)C(=O)OC1C=C(I)CCC1. The van der Waals surface area contributed by atoms with Crippen LogP contribution in [0.15, 0.2) is 21.8 Å². The van der Waals surface area contributed by atoms with Gasteiger partial charge in [0, 0.05) is 5.57 Å². The molecule has 0 bridgehead atoms. The highest BCUT2D eigenvalue weighted by Gasteiger charge is 2.16. The van der Waals surface area contributed by atoms with Gasteiger partial charge in [-0.3, -0.25) is 0 Å². The van der Waals surface area contributed by atoms with Crippen LogP contribution >= 0.6 is 22.6 Å². The van der Waals surface area contributed by atoms with Crippen molar-refractivity contribution >= 4 is 28.6 Å². The van der Waals surface area contributed by atoms with E-state index in [9.17, 15) is 4.79 Å². The van der Waals surface area contributed by atoms with E-state index in [1.54, 1.807) is 6.92 Å². The zero-order chi connectivity index (χ0) is 9.84. The number of hydrogen-bond acceptors (Lipinski definition) is 2. The molecule has 1 aliphatic carbocycles. The predicted octanol–water partition coefficient (Wildman–Crippen LogP) is 2.98. The molecule has 1 rings (SSSR count). The van der Waals surface area contributed by atoms with Crippen molar-refractivity contribution < 1.29 is 9.53 Å². The molecule has 2 nitrogen and oxygen atoms in total. The fourth-order valence-corrected chi connectivity index (χ4v) is 1.95. The third-order valence-corrected chi connectivity index (χ3v) is 2.78. The first-order valence-corrected chi connectivity index (χ1v) is 5.40. The van der Waals surface area contributed by atoms with Crippen molar-refractivity contribution in [1.82, 2.24) is 0 Å². The molecule has 13 heavy (non-hydrogen) atoms. The summed E-state index contributed by atoms with van der Waals surface area (Å²) in [6.07, 6.45) is 5.13. The number of carbonyl (C=O) groups excluding carboxylic acids is 1. The molecule has 1 unspecified atom stereocenters. The molecule has 3 heteroatoms. The van der Waals surface area contributed by atoms with Gasteiger partial charge < -0.3 is 4.74 Å². The Morgan fingerprint density at radius 1 is 1.77 bits per heavy atom. The van der Waals surface area contributed by atoms with Crippen molar-refractivity contribution in [3.63, 3.8) is 0 Å². The first kappa shape index (κ1) is 10.8. The van der Waals surface area contributed by atoms with Crippen LogP contribution in [-0.4, -0.2) is 12.1 Å². The van der Waals surface area contributed by atoms with Crippen LogP contribution in [0.1, 0.15) is 26.2 Å². The third-order valence-electron chi connectivity index (χ3n) is 1.88. The summed E-state index contributed by atoms with van der Waals surface area (Å²) in [5, 5.41) is 0. The van der Waals surface area contributed by atoms with Gasteiger partial charge in [-0.05, 0) is 58.4 Å². The van der Waals surface area contributed by atoms with E-state index >= 15 is 0 Å². The van der Waals surface area contributed by atoms with Crippen LogP contribution in [-0.2, 0) is 9.53 Å². The molecule has 0 fully saturated rings. The molecule has 0 saturated heterocycles. The number of hydrogen-bond donors (Lipinski definition) is 0. The number of rotatable bonds is 2. The van der Waals surface area contributed by atoms with Crippen molar-refractivity contribution in [3.05, 3.63) is 21.8 Å². The molecule has 0 spiro atoms. The minimum absolute atomic E-state index is 0.0372. The summed E-state index contributed by atoms with van der Waals surface area (Å²) in [6.45, 7) is 5.21. The average Bonchev–Trinajstić information content (AvgIpc) is 2.04. The van der Waals surface area contributed by atoms with E-state index in [1.807, 2.05) is 6.08 Å². The molecule has 0 heterocycles. The normalized spacial score (nSPS) is 22.0. The zero-order valence-electron chi connectivity index (χ0n) is 7.68. The Balaban J connectivity index is 2.50. The second-order valence-electron chi connectivity index (χ2n) is 3.23. The quantitative estimate of drug-likeness (QED) is 0.444. The Bertz CT molecular complexity index is 256. The summed E-state index contributed by atoms with van der Waals surface area (Å²) in [4.78, 5) is 11.2. The van der Waals surface area contributed by atoms with E-state index in [0.717, 1.165) is 19.3 Å². The first-order valence-electron chi connectivity index (χ1n) is 4.32. The lowest BCUT2D eigenvalue weighted by Gasteiger charge is -2.18. The minimum Gasteiger partial charge on any atom is -0.455 e. The molecule has 0 aromatic carbocycles. The van der Waals surface area contributed by atoms with Crippen LogP contribution in [0, 0.1) is 0 Å². The molecule has 0 N–H and O–H groups in total. The lowest BCUT2D eigenvalue weighted by Crippen LogP contribution is -2.18. The molecule has 0 aromatic heterocycles. The second kappa shape index (κ2) is 4.79. The zero-order valence-corrected chi connectivity index (χ0v) is 9.84. The molecule has 0 amide bonds. The summed E-state index contributed by atoms with van der Waals surface area (Å²) in [6, 6.07) is 0. The highest BCUT2D eigenvalue weighted by Crippen LogP contribution is 2.24. The van der Waals surface area contributed by atoms with Crippen molar-refractivity contribution in [3.8, 4) is 0 Å². The Morgan fingerprint density at radius 2 is 2.46 bits per heavy atom. The van der Waals surface area contributed by atoms with E-state index in [0.29, 0.717) is 5.57 Å². The van der Waals surface area contributed by atoms with Crippen LogP contribution in [0.3, 0.4) is 0 Å². The molecule has 0 saturated carbocycles. The van der Waals surface area contributed by atoms with E-state index < -0.39 is 0 Å². The maximum absolute atomic E-state index is 11.2. The van der Waals surface area contributed by atoms with Gasteiger partial charge in [0.05, 0.1) is 0 Å². The molecule has 0 aliphatic heterocycles. The summed E-state index contributed by atoms with van der Waals surface area (Å²) in [7, 11) is 0. The Morgan fingerprint density at radius 3 is 3.00 bits per heavy atom. The van der Waals surface area contributed by atoms with Crippen LogP contribution in [0.4, 0.5) is 0 Å². The Labute approximate surface area is 92.2 Å². The van der Waals surface area contributed by atoms with Gasteiger partial charge in [-0.1, -0.05) is 6.58 Å². The Hall–Kier alpha value is -0.320. The molecular formula is C10H13IO2. The first-order chi connectivity index (χ1) is 6.09. The summed E-state index contributed by atoms with van der Waals surface area (Å²) in [5.41, 5.74) is 0.467. The van der Waals surface area contributed by atoms with Crippen molar-refractivity contribution in [1.29, 1.82) is 0 Å². The molecule has 72 valence electrons. The molecule has 0 aromatic rings. The smallest absolute Gasteiger partial charge is 0.333 e. The lowest BCUT2D eigenvalue weighted by atomic mass is 10.1. The van der Waals surface area contributed by atoms with Gasteiger partial charge in [0.15, 0.2) is 0 Å². The molecular weight excluding hydrogens is 279 g/mol. The number of esters is 1. The number of allylic oxidation sites excluding steroid dienone is 1. The van der Waals surface area contributed by atoms with Crippen molar-refractivity contribution in [2.24, 2.45) is 0 Å². The van der Waals surface area contributed by atoms with Gasteiger partial charge in [-0.25, -0.2) is 4.79 Å². The Kier molecular flexibility index (Phi) is 3.96. The highest BCUT2D eigenvalue weighted by molar-refractivity contribution is 14.1. The molecule has 1 aliphatic rings. The number of ether oxygens (including phenoxy) is 1. The largest absolute Gasteiger partial charge is 0.455 e. The van der Waals surface area contributed by atoms with Crippen molar-refractivity contribution in [2.45, 2.75) is 32.3 Å². The van der Waals surface area contributed by atoms with Gasteiger partial charge >= 0.3 is 5.97 Å². The fraction of sp³-hybridized carbons (Fsp3) is 0.500. The summed E-state index contributed by atoms with van der Waals surface area (Å²) in [5.74, 6) is -0.285. The van der Waals surface area contributed by atoms with Gasteiger partial charge in [0.25, 0.3) is 0 Å². The van der Waals surface area contributed by atoms with Gasteiger partial charge in [-0.15, -0.1) is 0 Å². The fourth-order valence-electron chi connectivity index (χ4n) is 1.17. The average molecular weight is 292 g/mol. The lowest BCUT2D eigenvalue weighted by molar-refractivity contribution is -0.142. The maximum atomic E-state index is 11.2. The van der Waals surface area contributed by atoms with Gasteiger partial charge in [0.1, 0.15) is 6.10 Å². The number of halogens is 1. The number of carbonyl (C=O) groups is 1. The summed E-state index contributed by atoms with van der Waals surface area (Å²) >= 11 is 2.28. The van der Waals surface area contributed by atoms with E-state index in [4.69, 9.17) is 4.74 Å². The second-order valence-corrected chi connectivity index (χ2v) is 4.62. The highest BCUT2D eigenvalue weighted by atomic mass is 127. The standard InChI is InChI=1S/C10H13IO2/c1-7(2)10(12)13-9-5-3-4-8(11)6-9/h6,9H,1,3-5H2,2H3. The van der Waals surface area contributed by atoms with Gasteiger partial charge in [0.2, 0.25) is 0 Å². The van der Waals surface area contributed by atoms with E-state index in [-0.39, 0.29) is 12.1 Å².